The number of aromatic nitrogens is 1. The van der Waals surface area contributed by atoms with Gasteiger partial charge in [0, 0.05) is 6.07 Å². The Labute approximate surface area is 171 Å². The Morgan fingerprint density at radius 1 is 1.00 bits per heavy atom. The van der Waals surface area contributed by atoms with Crippen molar-refractivity contribution >= 4 is 24.0 Å². The van der Waals surface area contributed by atoms with Gasteiger partial charge in [0.25, 0.3) is 0 Å². The van der Waals surface area contributed by atoms with E-state index in [1.54, 1.807) is 5.19 Å². The van der Waals surface area contributed by atoms with Gasteiger partial charge in [-0.3, -0.25) is 0 Å². The van der Waals surface area contributed by atoms with Crippen molar-refractivity contribution in [3.05, 3.63) is 59.3 Å². The first-order chi connectivity index (χ1) is 13.4. The molecule has 0 radical (unpaired) electrons. The summed E-state index contributed by atoms with van der Waals surface area (Å²) in [6, 6.07) is 14.5. The minimum atomic E-state index is -1.32. The number of nitrogens with zero attached hydrogens (tertiary/aromatic N) is 1. The highest BCUT2D eigenvalue weighted by molar-refractivity contribution is 6.91. The zero-order valence-corrected chi connectivity index (χ0v) is 19.4. The van der Waals surface area contributed by atoms with Crippen molar-refractivity contribution in [2.45, 2.75) is 65.1 Å². The van der Waals surface area contributed by atoms with Gasteiger partial charge in [0.05, 0.1) is 19.0 Å². The fraction of sp³-hybridized carbons (Fsp3) is 0.423. The van der Waals surface area contributed by atoms with Crippen LogP contribution in [0.4, 0.5) is 0 Å². The molecular weight excluding hydrogens is 354 g/mol. The Bertz CT molecular complexity index is 1040. The number of pyridine rings is 1. The van der Waals surface area contributed by atoms with Gasteiger partial charge in [-0.1, -0.05) is 63.2 Å². The Morgan fingerprint density at radius 2 is 1.75 bits per heavy atom. The monoisotopic (exact) mass is 388 g/mol. The first-order valence-corrected chi connectivity index (χ1v) is 14.0. The molecule has 2 heteroatoms. The number of aryl methyl sites for hydroxylation is 3. The van der Waals surface area contributed by atoms with Gasteiger partial charge in [0.15, 0.2) is 6.20 Å². The number of fused-ring (bicyclic) bond motifs is 1. The summed E-state index contributed by atoms with van der Waals surface area (Å²) in [5.74, 6) is 0. The van der Waals surface area contributed by atoms with E-state index in [0.717, 1.165) is 18.4 Å². The standard InChI is InChI=1S/C26H34NSi/c1-7-19-15-20(8-2)18(3)25(16-19)26-24-12-11-23(28(5,6)22-9-10-22)17-21(24)13-14-27(26)4/h11-17,22H,7-10H2,1-6H3/q+1. The maximum Gasteiger partial charge on any atom is 0.220 e. The molecule has 28 heavy (non-hydrogen) atoms. The number of rotatable bonds is 5. The molecule has 146 valence electrons. The Kier molecular flexibility index (Phi) is 4.95. The lowest BCUT2D eigenvalue weighted by Gasteiger charge is -2.23. The highest BCUT2D eigenvalue weighted by Crippen LogP contribution is 2.45. The summed E-state index contributed by atoms with van der Waals surface area (Å²) < 4.78 is 2.31. The zero-order chi connectivity index (χ0) is 20.1. The highest BCUT2D eigenvalue weighted by atomic mass is 28.3. The fourth-order valence-corrected chi connectivity index (χ4v) is 7.93. The first kappa shape index (κ1) is 19.4. The van der Waals surface area contributed by atoms with Crippen LogP contribution in [0.2, 0.25) is 18.6 Å². The predicted molar refractivity (Wildman–Crippen MR) is 124 cm³/mol. The van der Waals surface area contributed by atoms with E-state index in [9.17, 15) is 0 Å². The van der Waals surface area contributed by atoms with Gasteiger partial charge in [0.1, 0.15) is 7.05 Å². The van der Waals surface area contributed by atoms with Crippen molar-refractivity contribution in [1.29, 1.82) is 0 Å². The Hall–Kier alpha value is -1.93. The zero-order valence-electron chi connectivity index (χ0n) is 18.4. The predicted octanol–water partition coefficient (Wildman–Crippen LogP) is 5.84. The molecule has 1 fully saturated rings. The summed E-state index contributed by atoms with van der Waals surface area (Å²) in [4.78, 5) is 0. The second kappa shape index (κ2) is 7.15. The summed E-state index contributed by atoms with van der Waals surface area (Å²) >= 11 is 0. The van der Waals surface area contributed by atoms with E-state index < -0.39 is 8.07 Å². The molecule has 1 aliphatic rings. The van der Waals surface area contributed by atoms with E-state index in [0.29, 0.717) is 0 Å². The van der Waals surface area contributed by atoms with Gasteiger partial charge < -0.3 is 0 Å². The minimum Gasteiger partial charge on any atom is -0.200 e. The summed E-state index contributed by atoms with van der Waals surface area (Å²) in [5, 5.41) is 4.40. The number of benzene rings is 2. The average Bonchev–Trinajstić information content (AvgIpc) is 3.54. The minimum absolute atomic E-state index is 0.986. The summed E-state index contributed by atoms with van der Waals surface area (Å²) in [6.07, 6.45) is 7.30. The quantitative estimate of drug-likeness (QED) is 0.382. The molecule has 1 heterocycles. The second-order valence-electron chi connectivity index (χ2n) is 9.21. The van der Waals surface area contributed by atoms with Crippen molar-refractivity contribution in [1.82, 2.24) is 0 Å². The van der Waals surface area contributed by atoms with E-state index in [1.807, 2.05) is 0 Å². The highest BCUT2D eigenvalue weighted by Gasteiger charge is 2.40. The molecule has 1 aromatic heterocycles. The van der Waals surface area contributed by atoms with Gasteiger partial charge >= 0.3 is 0 Å². The van der Waals surface area contributed by atoms with E-state index in [4.69, 9.17) is 0 Å². The van der Waals surface area contributed by atoms with Gasteiger partial charge in [-0.2, -0.15) is 0 Å². The largest absolute Gasteiger partial charge is 0.220 e. The molecule has 0 spiro atoms. The van der Waals surface area contributed by atoms with Gasteiger partial charge in [0.2, 0.25) is 5.69 Å². The molecular formula is C26H34NSi+. The molecule has 0 amide bonds. The van der Waals surface area contributed by atoms with Crippen LogP contribution in [0.3, 0.4) is 0 Å². The lowest BCUT2D eigenvalue weighted by molar-refractivity contribution is -0.659. The van der Waals surface area contributed by atoms with Gasteiger partial charge in [-0.05, 0) is 59.5 Å². The van der Waals surface area contributed by atoms with Crippen LogP contribution in [-0.4, -0.2) is 8.07 Å². The van der Waals surface area contributed by atoms with Gasteiger partial charge in [-0.15, -0.1) is 0 Å². The lowest BCUT2D eigenvalue weighted by Crippen LogP contribution is -2.41. The first-order valence-electron chi connectivity index (χ1n) is 10.9. The normalized spacial score (nSPS) is 14.6. The maximum absolute atomic E-state index is 2.55. The lowest BCUT2D eigenvalue weighted by atomic mass is 9.92. The van der Waals surface area contributed by atoms with Crippen LogP contribution in [0.5, 0.6) is 0 Å². The Balaban J connectivity index is 1.94. The molecule has 2 aromatic carbocycles. The van der Waals surface area contributed by atoms with Crippen molar-refractivity contribution in [2.75, 3.05) is 0 Å². The van der Waals surface area contributed by atoms with E-state index in [2.05, 4.69) is 88.1 Å². The van der Waals surface area contributed by atoms with Crippen molar-refractivity contribution in [3.8, 4) is 11.3 Å². The van der Waals surface area contributed by atoms with Crippen molar-refractivity contribution in [2.24, 2.45) is 7.05 Å². The topological polar surface area (TPSA) is 3.88 Å². The molecule has 1 saturated carbocycles. The molecule has 0 N–H and O–H groups in total. The second-order valence-corrected chi connectivity index (χ2v) is 14.0. The molecule has 1 aliphatic carbocycles. The average molecular weight is 389 g/mol. The third kappa shape index (κ3) is 3.22. The maximum atomic E-state index is 2.55. The summed E-state index contributed by atoms with van der Waals surface area (Å²) in [7, 11) is 0.869. The van der Waals surface area contributed by atoms with Crippen molar-refractivity contribution in [3.63, 3.8) is 0 Å². The smallest absolute Gasteiger partial charge is 0.200 e. The van der Waals surface area contributed by atoms with E-state index in [-0.39, 0.29) is 0 Å². The van der Waals surface area contributed by atoms with Crippen LogP contribution < -0.4 is 9.75 Å². The van der Waals surface area contributed by atoms with Crippen LogP contribution >= 0.6 is 0 Å². The fourth-order valence-electron chi connectivity index (χ4n) is 4.81. The van der Waals surface area contributed by atoms with Gasteiger partial charge in [-0.25, -0.2) is 4.57 Å². The van der Waals surface area contributed by atoms with E-state index in [1.165, 1.54) is 51.6 Å². The molecule has 3 aromatic rings. The van der Waals surface area contributed by atoms with Crippen LogP contribution in [0.1, 0.15) is 43.4 Å². The molecule has 0 aliphatic heterocycles. The third-order valence-electron chi connectivity index (χ3n) is 7.10. The number of hydrogen-bond donors (Lipinski definition) is 0. The Morgan fingerprint density at radius 3 is 2.39 bits per heavy atom. The summed E-state index contributed by atoms with van der Waals surface area (Å²) in [6.45, 7) is 11.9. The molecule has 4 rings (SSSR count). The molecule has 0 atom stereocenters. The van der Waals surface area contributed by atoms with Crippen LogP contribution in [0.25, 0.3) is 22.0 Å². The van der Waals surface area contributed by atoms with Crippen LogP contribution in [0.15, 0.2) is 42.6 Å². The molecule has 1 nitrogen and oxygen atoms in total. The van der Waals surface area contributed by atoms with Crippen molar-refractivity contribution < 1.29 is 4.57 Å². The number of hydrogen-bond acceptors (Lipinski definition) is 0. The molecule has 0 unspecified atom stereocenters. The summed E-state index contributed by atoms with van der Waals surface area (Å²) in [5.41, 5.74) is 8.09. The molecule has 0 saturated heterocycles. The van der Waals surface area contributed by atoms with Crippen LogP contribution in [-0.2, 0) is 19.9 Å². The SMILES string of the molecule is CCc1cc(CC)c(C)c(-c2c3ccc([Si](C)(C)C4CC4)cc3cc[n+]2C)c1. The third-order valence-corrected chi connectivity index (χ3v) is 11.5. The van der Waals surface area contributed by atoms with Crippen LogP contribution in [0, 0.1) is 6.92 Å². The van der Waals surface area contributed by atoms with E-state index >= 15 is 0 Å². The molecule has 0 bridgehead atoms.